The SMILES string of the molecule is Cc1ccc(N2C[C@@H](C(=O)N/N=C\c3cccc([N+](=O)[O-])c3)CC2=O)cc1. The first kappa shape index (κ1) is 18.2. The third-order valence-corrected chi connectivity index (χ3v) is 4.31. The van der Waals surface area contributed by atoms with Crippen LogP contribution >= 0.6 is 0 Å². The van der Waals surface area contributed by atoms with Gasteiger partial charge >= 0.3 is 0 Å². The van der Waals surface area contributed by atoms with Crippen LogP contribution in [0.1, 0.15) is 17.5 Å². The van der Waals surface area contributed by atoms with Crippen molar-refractivity contribution in [3.63, 3.8) is 0 Å². The summed E-state index contributed by atoms with van der Waals surface area (Å²) in [6.45, 7) is 2.26. The fraction of sp³-hybridized carbons (Fsp3) is 0.211. The fourth-order valence-corrected chi connectivity index (χ4v) is 2.84. The molecule has 0 spiro atoms. The van der Waals surface area contributed by atoms with Crippen molar-refractivity contribution < 1.29 is 14.5 Å². The van der Waals surface area contributed by atoms with Crippen molar-refractivity contribution in [2.75, 3.05) is 11.4 Å². The Kier molecular flexibility index (Phi) is 5.25. The highest BCUT2D eigenvalue weighted by atomic mass is 16.6. The van der Waals surface area contributed by atoms with Gasteiger partial charge in [-0.2, -0.15) is 5.10 Å². The molecule has 1 saturated heterocycles. The van der Waals surface area contributed by atoms with Crippen molar-refractivity contribution in [1.29, 1.82) is 0 Å². The highest BCUT2D eigenvalue weighted by Gasteiger charge is 2.35. The van der Waals surface area contributed by atoms with Gasteiger partial charge in [0.05, 0.1) is 17.1 Å². The summed E-state index contributed by atoms with van der Waals surface area (Å²) in [5, 5.41) is 14.6. The number of hydrogen-bond acceptors (Lipinski definition) is 5. The number of nitro benzene ring substituents is 1. The molecule has 8 nitrogen and oxygen atoms in total. The summed E-state index contributed by atoms with van der Waals surface area (Å²) in [6, 6.07) is 13.4. The molecule has 0 bridgehead atoms. The molecule has 1 N–H and O–H groups in total. The van der Waals surface area contributed by atoms with Crippen LogP contribution in [-0.2, 0) is 9.59 Å². The summed E-state index contributed by atoms with van der Waals surface area (Å²) in [4.78, 5) is 36.3. The Hall–Kier alpha value is -3.55. The van der Waals surface area contributed by atoms with E-state index in [0.717, 1.165) is 11.3 Å². The Labute approximate surface area is 155 Å². The van der Waals surface area contributed by atoms with Gasteiger partial charge in [-0.1, -0.05) is 29.8 Å². The van der Waals surface area contributed by atoms with Crippen LogP contribution < -0.4 is 10.3 Å². The minimum Gasteiger partial charge on any atom is -0.312 e. The molecule has 0 aliphatic carbocycles. The van der Waals surface area contributed by atoms with Crippen LogP contribution in [0.4, 0.5) is 11.4 Å². The quantitative estimate of drug-likeness (QED) is 0.498. The Balaban J connectivity index is 1.60. The Bertz CT molecular complexity index is 908. The number of benzene rings is 2. The minimum atomic E-state index is -0.500. The molecule has 1 heterocycles. The standard InChI is InChI=1S/C19H18N4O4/c1-13-5-7-16(8-6-13)22-12-15(10-18(22)24)19(25)21-20-11-14-3-2-4-17(9-14)23(26)27/h2-9,11,15H,10,12H2,1H3,(H,21,25)/b20-11-/t15-/m0/s1. The molecule has 2 aromatic rings. The van der Waals surface area contributed by atoms with Crippen LogP contribution in [0.25, 0.3) is 0 Å². The molecule has 2 amide bonds. The van der Waals surface area contributed by atoms with Crippen molar-refractivity contribution in [2.45, 2.75) is 13.3 Å². The highest BCUT2D eigenvalue weighted by Crippen LogP contribution is 2.25. The van der Waals surface area contributed by atoms with E-state index in [9.17, 15) is 19.7 Å². The maximum absolute atomic E-state index is 12.3. The van der Waals surface area contributed by atoms with E-state index in [2.05, 4.69) is 10.5 Å². The molecule has 1 atom stereocenters. The molecule has 1 fully saturated rings. The van der Waals surface area contributed by atoms with E-state index in [0.29, 0.717) is 12.1 Å². The lowest BCUT2D eigenvalue weighted by Gasteiger charge is -2.16. The van der Waals surface area contributed by atoms with Crippen molar-refractivity contribution in [1.82, 2.24) is 5.43 Å². The van der Waals surface area contributed by atoms with Crippen molar-refractivity contribution >= 4 is 29.4 Å². The Morgan fingerprint density at radius 2 is 2.04 bits per heavy atom. The number of nitrogens with zero attached hydrogens (tertiary/aromatic N) is 3. The average molecular weight is 366 g/mol. The first-order valence-corrected chi connectivity index (χ1v) is 8.38. The van der Waals surface area contributed by atoms with Gasteiger partial charge in [0, 0.05) is 36.3 Å². The first-order valence-electron chi connectivity index (χ1n) is 8.38. The van der Waals surface area contributed by atoms with Crippen LogP contribution in [0.15, 0.2) is 53.6 Å². The number of hydrogen-bond donors (Lipinski definition) is 1. The second-order valence-electron chi connectivity index (χ2n) is 6.33. The fourth-order valence-electron chi connectivity index (χ4n) is 2.84. The number of non-ortho nitro benzene ring substituents is 1. The molecule has 3 rings (SSSR count). The van der Waals surface area contributed by atoms with Gasteiger partial charge in [0.1, 0.15) is 0 Å². The molecule has 1 aliphatic rings. The molecule has 0 radical (unpaired) electrons. The second kappa shape index (κ2) is 7.77. The lowest BCUT2D eigenvalue weighted by molar-refractivity contribution is -0.384. The van der Waals surface area contributed by atoms with Gasteiger partial charge in [0.15, 0.2) is 0 Å². The minimum absolute atomic E-state index is 0.0552. The molecule has 0 unspecified atom stereocenters. The summed E-state index contributed by atoms with van der Waals surface area (Å²) in [7, 11) is 0. The summed E-state index contributed by atoms with van der Waals surface area (Å²) in [5.41, 5.74) is 4.70. The lowest BCUT2D eigenvalue weighted by Crippen LogP contribution is -2.30. The average Bonchev–Trinajstić information content (AvgIpc) is 3.04. The zero-order chi connectivity index (χ0) is 19.4. The smallest absolute Gasteiger partial charge is 0.270 e. The molecule has 8 heteroatoms. The summed E-state index contributed by atoms with van der Waals surface area (Å²) < 4.78 is 0. The number of hydrazone groups is 1. The van der Waals surface area contributed by atoms with E-state index in [4.69, 9.17) is 0 Å². The predicted octanol–water partition coefficient (Wildman–Crippen LogP) is 2.41. The zero-order valence-electron chi connectivity index (χ0n) is 14.7. The van der Waals surface area contributed by atoms with E-state index in [-0.39, 0.29) is 23.9 Å². The highest BCUT2D eigenvalue weighted by molar-refractivity contribution is 6.00. The molecule has 2 aromatic carbocycles. The first-order chi connectivity index (χ1) is 12.9. The third-order valence-electron chi connectivity index (χ3n) is 4.31. The summed E-state index contributed by atoms with van der Waals surface area (Å²) in [6.07, 6.45) is 1.45. The topological polar surface area (TPSA) is 105 Å². The molecular formula is C19H18N4O4. The monoisotopic (exact) mass is 366 g/mol. The number of carbonyl (C=O) groups is 2. The number of anilines is 1. The van der Waals surface area contributed by atoms with Gasteiger partial charge < -0.3 is 4.90 Å². The summed E-state index contributed by atoms with van der Waals surface area (Å²) >= 11 is 0. The van der Waals surface area contributed by atoms with Crippen LogP contribution in [0.3, 0.4) is 0 Å². The predicted molar refractivity (Wildman–Crippen MR) is 100 cm³/mol. The normalized spacial score (nSPS) is 16.7. The van der Waals surface area contributed by atoms with Gasteiger partial charge in [-0.15, -0.1) is 0 Å². The van der Waals surface area contributed by atoms with Crippen molar-refractivity contribution in [3.05, 3.63) is 69.8 Å². The van der Waals surface area contributed by atoms with Gasteiger partial charge in [-0.25, -0.2) is 5.43 Å². The molecule has 138 valence electrons. The molecule has 0 aromatic heterocycles. The van der Waals surface area contributed by atoms with Crippen molar-refractivity contribution in [3.8, 4) is 0 Å². The Morgan fingerprint density at radius 3 is 2.74 bits per heavy atom. The number of amides is 2. The maximum atomic E-state index is 12.3. The lowest BCUT2D eigenvalue weighted by atomic mass is 10.1. The number of nitrogens with one attached hydrogen (secondary N) is 1. The maximum Gasteiger partial charge on any atom is 0.270 e. The Morgan fingerprint density at radius 1 is 1.30 bits per heavy atom. The number of carbonyl (C=O) groups excluding carboxylic acids is 2. The van der Waals surface area contributed by atoms with Gasteiger partial charge in [0.2, 0.25) is 11.8 Å². The van der Waals surface area contributed by atoms with Crippen LogP contribution in [0, 0.1) is 23.0 Å². The molecule has 0 saturated carbocycles. The van der Waals surface area contributed by atoms with Gasteiger partial charge in [0.25, 0.3) is 5.69 Å². The molecule has 27 heavy (non-hydrogen) atoms. The number of aryl methyl sites for hydroxylation is 1. The van der Waals surface area contributed by atoms with Gasteiger partial charge in [-0.3, -0.25) is 19.7 Å². The van der Waals surface area contributed by atoms with Gasteiger partial charge in [-0.05, 0) is 19.1 Å². The molecular weight excluding hydrogens is 348 g/mol. The van der Waals surface area contributed by atoms with E-state index < -0.39 is 10.8 Å². The van der Waals surface area contributed by atoms with Crippen LogP contribution in [0.2, 0.25) is 0 Å². The van der Waals surface area contributed by atoms with Crippen LogP contribution in [0.5, 0.6) is 0 Å². The number of nitro groups is 1. The third kappa shape index (κ3) is 4.35. The largest absolute Gasteiger partial charge is 0.312 e. The van der Waals surface area contributed by atoms with Crippen molar-refractivity contribution in [2.24, 2.45) is 11.0 Å². The van der Waals surface area contributed by atoms with E-state index in [1.54, 1.807) is 11.0 Å². The molecule has 1 aliphatic heterocycles. The van der Waals surface area contributed by atoms with E-state index in [1.165, 1.54) is 24.4 Å². The second-order valence-corrected chi connectivity index (χ2v) is 6.33. The number of rotatable bonds is 5. The van der Waals surface area contributed by atoms with Crippen LogP contribution in [-0.4, -0.2) is 29.5 Å². The van der Waals surface area contributed by atoms with E-state index in [1.807, 2.05) is 31.2 Å². The summed E-state index contributed by atoms with van der Waals surface area (Å²) in [5.74, 6) is -0.970. The van der Waals surface area contributed by atoms with E-state index >= 15 is 0 Å². The zero-order valence-corrected chi connectivity index (χ0v) is 14.7.